The van der Waals surface area contributed by atoms with Gasteiger partial charge in [0.25, 0.3) is 0 Å². The topological polar surface area (TPSA) is 144 Å². The summed E-state index contributed by atoms with van der Waals surface area (Å²) in [7, 11) is 4.70. The highest BCUT2D eigenvalue weighted by molar-refractivity contribution is 6.28. The second-order valence-corrected chi connectivity index (χ2v) is 8.89. The van der Waals surface area contributed by atoms with Crippen LogP contribution >= 0.6 is 11.6 Å². The number of halogens is 1. The Morgan fingerprint density at radius 3 is 2.79 bits per heavy atom. The van der Waals surface area contributed by atoms with Gasteiger partial charge in [0.1, 0.15) is 17.6 Å². The van der Waals surface area contributed by atoms with E-state index in [2.05, 4.69) is 25.6 Å². The summed E-state index contributed by atoms with van der Waals surface area (Å²) in [4.78, 5) is 25.5. The van der Waals surface area contributed by atoms with Gasteiger partial charge in [0, 0.05) is 25.1 Å². The molecule has 34 heavy (non-hydrogen) atoms. The highest BCUT2D eigenvalue weighted by Crippen LogP contribution is 2.67. The fourth-order valence-electron chi connectivity index (χ4n) is 5.22. The van der Waals surface area contributed by atoms with Gasteiger partial charge >= 0.3 is 0 Å². The molecule has 2 aliphatic rings. The van der Waals surface area contributed by atoms with Crippen molar-refractivity contribution < 1.29 is 24.5 Å². The summed E-state index contributed by atoms with van der Waals surface area (Å²) in [6.45, 7) is 0.350. The van der Waals surface area contributed by atoms with E-state index in [-0.39, 0.29) is 17.1 Å². The Labute approximate surface area is 200 Å². The zero-order valence-electron chi connectivity index (χ0n) is 18.8. The SMILES string of the molecule is CNC(=O)[C@]12C[C@H]1[C@@H](n1cnc3c(NCc4cc(OC)ccc4OC)nc(Cl)nc31)[C@H](O)[C@@H]2O. The van der Waals surface area contributed by atoms with Gasteiger partial charge in [0.15, 0.2) is 17.0 Å². The standard InChI is InChI=1S/C22H25ClN6O5/c1-24-20(32)22-7-12(22)15(16(30)17(22)31)29-9-26-14-18(27-21(23)28-19(14)29)25-8-10-6-11(33-2)4-5-13(10)34-3/h4-6,9,12,15-17,30-31H,7-8H2,1-3H3,(H,24,32)(H,25,27,28)/t12-,15+,16-,17-,22+/m0/s1. The third-order valence-corrected chi connectivity index (χ3v) is 7.14. The van der Waals surface area contributed by atoms with Crippen LogP contribution in [0.2, 0.25) is 5.28 Å². The second-order valence-electron chi connectivity index (χ2n) is 8.55. The molecule has 0 unspecified atom stereocenters. The smallest absolute Gasteiger partial charge is 0.229 e. The van der Waals surface area contributed by atoms with Crippen molar-refractivity contribution in [2.45, 2.75) is 31.2 Å². The van der Waals surface area contributed by atoms with Crippen molar-refractivity contribution >= 4 is 34.5 Å². The van der Waals surface area contributed by atoms with Crippen LogP contribution in [0, 0.1) is 11.3 Å². The molecule has 2 fully saturated rings. The summed E-state index contributed by atoms with van der Waals surface area (Å²) in [6.07, 6.45) is -0.337. The molecule has 2 heterocycles. The van der Waals surface area contributed by atoms with Crippen LogP contribution in [-0.2, 0) is 11.3 Å². The van der Waals surface area contributed by atoms with Crippen molar-refractivity contribution in [3.63, 3.8) is 0 Å². The van der Waals surface area contributed by atoms with Gasteiger partial charge in [-0.1, -0.05) is 0 Å². The predicted molar refractivity (Wildman–Crippen MR) is 123 cm³/mol. The highest BCUT2D eigenvalue weighted by Gasteiger charge is 2.75. The molecule has 1 aromatic carbocycles. The first-order valence-electron chi connectivity index (χ1n) is 10.8. The molecule has 2 aromatic heterocycles. The Balaban J connectivity index is 1.48. The van der Waals surface area contributed by atoms with Gasteiger partial charge in [-0.05, 0) is 36.2 Å². The zero-order chi connectivity index (χ0) is 24.2. The number of fused-ring (bicyclic) bond motifs is 2. The number of aliphatic hydroxyl groups excluding tert-OH is 2. The maximum atomic E-state index is 12.5. The van der Waals surface area contributed by atoms with Crippen LogP contribution in [0.15, 0.2) is 24.5 Å². The van der Waals surface area contributed by atoms with E-state index in [0.29, 0.717) is 41.4 Å². The molecule has 0 bridgehead atoms. The molecule has 0 saturated heterocycles. The number of aliphatic hydroxyl groups is 2. The number of carbonyl (C=O) groups is 1. The first-order valence-corrected chi connectivity index (χ1v) is 11.2. The van der Waals surface area contributed by atoms with Gasteiger partial charge in [0.2, 0.25) is 11.2 Å². The normalized spacial score (nSPS) is 27.4. The van der Waals surface area contributed by atoms with Crippen molar-refractivity contribution in [2.75, 3.05) is 26.6 Å². The highest BCUT2D eigenvalue weighted by atomic mass is 35.5. The lowest BCUT2D eigenvalue weighted by Gasteiger charge is -2.23. The third kappa shape index (κ3) is 3.26. The molecule has 2 saturated carbocycles. The molecule has 0 radical (unpaired) electrons. The van der Waals surface area contributed by atoms with E-state index in [1.807, 2.05) is 18.2 Å². The minimum Gasteiger partial charge on any atom is -0.497 e. The van der Waals surface area contributed by atoms with Crippen molar-refractivity contribution in [3.05, 3.63) is 35.4 Å². The van der Waals surface area contributed by atoms with Gasteiger partial charge in [-0.25, -0.2) is 4.98 Å². The zero-order valence-corrected chi connectivity index (χ0v) is 19.6. The van der Waals surface area contributed by atoms with E-state index in [1.165, 1.54) is 13.4 Å². The molecular formula is C22H25ClN6O5. The van der Waals surface area contributed by atoms with Crippen molar-refractivity contribution in [2.24, 2.45) is 11.3 Å². The molecule has 1 amide bonds. The minimum atomic E-state index is -1.18. The molecule has 180 valence electrons. The van der Waals surface area contributed by atoms with E-state index >= 15 is 0 Å². The Morgan fingerprint density at radius 2 is 2.09 bits per heavy atom. The molecule has 12 heteroatoms. The number of ether oxygens (including phenoxy) is 2. The number of benzene rings is 1. The molecule has 5 atom stereocenters. The maximum absolute atomic E-state index is 12.5. The van der Waals surface area contributed by atoms with E-state index in [9.17, 15) is 15.0 Å². The number of amides is 1. The van der Waals surface area contributed by atoms with Crippen LogP contribution in [0.5, 0.6) is 11.5 Å². The molecule has 2 aliphatic carbocycles. The molecule has 0 spiro atoms. The van der Waals surface area contributed by atoms with Crippen LogP contribution in [0.3, 0.4) is 0 Å². The second kappa shape index (κ2) is 8.26. The lowest BCUT2D eigenvalue weighted by molar-refractivity contribution is -0.132. The van der Waals surface area contributed by atoms with Gasteiger partial charge in [-0.3, -0.25) is 4.79 Å². The number of methoxy groups -OCH3 is 2. The summed E-state index contributed by atoms with van der Waals surface area (Å²) in [5, 5.41) is 27.3. The molecule has 3 aromatic rings. The Morgan fingerprint density at radius 1 is 1.29 bits per heavy atom. The van der Waals surface area contributed by atoms with E-state index < -0.39 is 23.7 Å². The summed E-state index contributed by atoms with van der Waals surface area (Å²) in [5.74, 6) is 1.24. The number of carbonyl (C=O) groups excluding carboxylic acids is 1. The Kier molecular flexibility index (Phi) is 5.50. The number of hydrogen-bond donors (Lipinski definition) is 4. The van der Waals surface area contributed by atoms with E-state index in [0.717, 1.165) is 5.56 Å². The van der Waals surface area contributed by atoms with Crippen LogP contribution < -0.4 is 20.1 Å². The van der Waals surface area contributed by atoms with E-state index in [1.54, 1.807) is 18.8 Å². The summed E-state index contributed by atoms with van der Waals surface area (Å²) in [5.41, 5.74) is 0.685. The lowest BCUT2D eigenvalue weighted by atomic mass is 9.98. The maximum Gasteiger partial charge on any atom is 0.229 e. The van der Waals surface area contributed by atoms with Crippen LogP contribution in [0.1, 0.15) is 18.0 Å². The van der Waals surface area contributed by atoms with Crippen LogP contribution in [-0.4, -0.2) is 69.1 Å². The van der Waals surface area contributed by atoms with Crippen LogP contribution in [0.25, 0.3) is 11.2 Å². The number of rotatable bonds is 7. The summed E-state index contributed by atoms with van der Waals surface area (Å²) in [6, 6.07) is 4.90. The average molecular weight is 489 g/mol. The number of anilines is 1. The van der Waals surface area contributed by atoms with Gasteiger partial charge < -0.3 is 34.9 Å². The number of hydrogen-bond acceptors (Lipinski definition) is 9. The Hall–Kier alpha value is -3.15. The van der Waals surface area contributed by atoms with Crippen molar-refractivity contribution in [1.82, 2.24) is 24.8 Å². The summed E-state index contributed by atoms with van der Waals surface area (Å²) < 4.78 is 12.4. The molecular weight excluding hydrogens is 464 g/mol. The minimum absolute atomic E-state index is 0.00393. The molecule has 5 rings (SSSR count). The molecule has 4 N–H and O–H groups in total. The fourth-order valence-corrected chi connectivity index (χ4v) is 5.38. The van der Waals surface area contributed by atoms with Gasteiger partial charge in [-0.15, -0.1) is 0 Å². The quantitative estimate of drug-likeness (QED) is 0.360. The monoisotopic (exact) mass is 488 g/mol. The third-order valence-electron chi connectivity index (χ3n) is 6.97. The van der Waals surface area contributed by atoms with Crippen molar-refractivity contribution in [3.8, 4) is 11.5 Å². The number of aromatic nitrogens is 4. The lowest BCUT2D eigenvalue weighted by Crippen LogP contribution is -2.41. The van der Waals surface area contributed by atoms with Crippen molar-refractivity contribution in [1.29, 1.82) is 0 Å². The van der Waals surface area contributed by atoms with Gasteiger partial charge in [0.05, 0.1) is 38.1 Å². The molecule has 11 nitrogen and oxygen atoms in total. The summed E-state index contributed by atoms with van der Waals surface area (Å²) >= 11 is 6.24. The average Bonchev–Trinajstić information content (AvgIpc) is 3.39. The first kappa shape index (κ1) is 22.6. The Bertz CT molecular complexity index is 1270. The van der Waals surface area contributed by atoms with Crippen LogP contribution in [0.4, 0.5) is 5.82 Å². The van der Waals surface area contributed by atoms with Gasteiger partial charge in [-0.2, -0.15) is 9.97 Å². The largest absolute Gasteiger partial charge is 0.497 e. The predicted octanol–water partition coefficient (Wildman–Crippen LogP) is 1.14. The number of nitrogens with zero attached hydrogens (tertiary/aromatic N) is 4. The number of nitrogens with one attached hydrogen (secondary N) is 2. The molecule has 0 aliphatic heterocycles. The first-order chi connectivity index (χ1) is 16.3. The number of imidazole rings is 1. The fraction of sp³-hybridized carbons (Fsp3) is 0.455. The van der Waals surface area contributed by atoms with E-state index in [4.69, 9.17) is 21.1 Å².